The maximum absolute atomic E-state index is 6.04. The van der Waals surface area contributed by atoms with Gasteiger partial charge in [-0.15, -0.1) is 0 Å². The van der Waals surface area contributed by atoms with E-state index in [9.17, 15) is 0 Å². The Morgan fingerprint density at radius 3 is 2.88 bits per heavy atom. The summed E-state index contributed by atoms with van der Waals surface area (Å²) in [5.74, 6) is 0.728. The minimum atomic E-state index is 0.390. The number of pyridine rings is 1. The smallest absolute Gasteiger partial charge is 0.0393 e. The molecule has 0 amide bonds. The van der Waals surface area contributed by atoms with Crippen LogP contribution in [0.4, 0.5) is 5.69 Å². The van der Waals surface area contributed by atoms with E-state index in [1.807, 2.05) is 12.3 Å². The van der Waals surface area contributed by atoms with Crippen LogP contribution in [0.5, 0.6) is 0 Å². The third-order valence-electron chi connectivity index (χ3n) is 3.52. The molecule has 1 aromatic heterocycles. The first-order valence-corrected chi connectivity index (χ1v) is 6.25. The molecule has 0 bridgehead atoms. The van der Waals surface area contributed by atoms with E-state index in [4.69, 9.17) is 5.73 Å². The molecule has 1 fully saturated rings. The lowest BCUT2D eigenvalue weighted by Crippen LogP contribution is -2.27. The van der Waals surface area contributed by atoms with Crippen molar-refractivity contribution >= 4 is 5.69 Å². The van der Waals surface area contributed by atoms with Crippen LogP contribution in [0.15, 0.2) is 18.5 Å². The molecular formula is C13H21N3. The Kier molecular flexibility index (Phi) is 3.78. The van der Waals surface area contributed by atoms with Gasteiger partial charge in [0.25, 0.3) is 0 Å². The second kappa shape index (κ2) is 5.30. The minimum Gasteiger partial charge on any atom is -0.398 e. The normalized spacial score (nSPS) is 18.8. The predicted molar refractivity (Wildman–Crippen MR) is 67.0 cm³/mol. The highest BCUT2D eigenvalue weighted by Gasteiger charge is 2.26. The van der Waals surface area contributed by atoms with Gasteiger partial charge in [-0.05, 0) is 31.4 Å². The Hall–Kier alpha value is -1.09. The van der Waals surface area contributed by atoms with E-state index in [2.05, 4.69) is 17.2 Å². The fraction of sp³-hybridized carbons (Fsp3) is 0.615. The van der Waals surface area contributed by atoms with Gasteiger partial charge in [0.15, 0.2) is 0 Å². The first-order chi connectivity index (χ1) is 7.83. The summed E-state index contributed by atoms with van der Waals surface area (Å²) in [6.07, 6.45) is 9.01. The van der Waals surface area contributed by atoms with E-state index in [1.54, 1.807) is 6.20 Å². The highest BCUT2D eigenvalue weighted by Crippen LogP contribution is 2.37. The zero-order valence-corrected chi connectivity index (χ0v) is 9.95. The summed E-state index contributed by atoms with van der Waals surface area (Å²) < 4.78 is 0. The number of hydrogen-bond acceptors (Lipinski definition) is 3. The number of nitrogens with zero attached hydrogens (tertiary/aromatic N) is 1. The average molecular weight is 219 g/mol. The van der Waals surface area contributed by atoms with E-state index in [-0.39, 0.29) is 0 Å². The predicted octanol–water partition coefficient (Wildman–Crippen LogP) is 2.50. The molecule has 16 heavy (non-hydrogen) atoms. The lowest BCUT2D eigenvalue weighted by Gasteiger charge is -2.25. The highest BCUT2D eigenvalue weighted by atomic mass is 14.9. The van der Waals surface area contributed by atoms with Crippen LogP contribution in [-0.4, -0.2) is 11.5 Å². The van der Waals surface area contributed by atoms with E-state index < -0.39 is 0 Å². The fourth-order valence-corrected chi connectivity index (χ4v) is 2.72. The summed E-state index contributed by atoms with van der Waals surface area (Å²) in [5, 5.41) is 3.56. The first-order valence-electron chi connectivity index (χ1n) is 6.25. The van der Waals surface area contributed by atoms with Crippen LogP contribution in [0.2, 0.25) is 0 Å². The van der Waals surface area contributed by atoms with Crippen LogP contribution >= 0.6 is 0 Å². The lowest BCUT2D eigenvalue weighted by atomic mass is 9.91. The summed E-state index contributed by atoms with van der Waals surface area (Å²) in [5.41, 5.74) is 8.08. The van der Waals surface area contributed by atoms with Gasteiger partial charge in [-0.1, -0.05) is 19.8 Å². The number of nitrogens with one attached hydrogen (secondary N) is 1. The van der Waals surface area contributed by atoms with Crippen molar-refractivity contribution in [1.29, 1.82) is 0 Å². The van der Waals surface area contributed by atoms with Crippen molar-refractivity contribution in [3.63, 3.8) is 0 Å². The summed E-state index contributed by atoms with van der Waals surface area (Å²) >= 11 is 0. The van der Waals surface area contributed by atoms with Gasteiger partial charge in [-0.25, -0.2) is 0 Å². The summed E-state index contributed by atoms with van der Waals surface area (Å²) in [6, 6.07) is 2.29. The number of anilines is 1. The van der Waals surface area contributed by atoms with Crippen molar-refractivity contribution in [2.24, 2.45) is 5.92 Å². The standard InChI is InChI=1S/C13H21N3/c1-2-16-13(10-5-3-4-6-10)11-9-15-8-7-12(11)14/h7-10,13,16H,2-6H2,1H3,(H2,14,15). The molecule has 1 aromatic rings. The molecule has 0 radical (unpaired) electrons. The molecule has 0 aromatic carbocycles. The van der Waals surface area contributed by atoms with E-state index in [0.717, 1.165) is 18.2 Å². The van der Waals surface area contributed by atoms with Crippen LogP contribution in [0.25, 0.3) is 0 Å². The molecule has 1 aliphatic carbocycles. The van der Waals surface area contributed by atoms with E-state index >= 15 is 0 Å². The minimum absolute atomic E-state index is 0.390. The first kappa shape index (κ1) is 11.4. The number of aromatic nitrogens is 1. The molecule has 3 nitrogen and oxygen atoms in total. The highest BCUT2D eigenvalue weighted by molar-refractivity contribution is 5.46. The Labute approximate surface area is 97.5 Å². The van der Waals surface area contributed by atoms with Crippen LogP contribution in [-0.2, 0) is 0 Å². The van der Waals surface area contributed by atoms with Gasteiger partial charge < -0.3 is 11.1 Å². The van der Waals surface area contributed by atoms with Crippen molar-refractivity contribution in [3.8, 4) is 0 Å². The van der Waals surface area contributed by atoms with E-state index in [1.165, 1.54) is 31.2 Å². The van der Waals surface area contributed by atoms with E-state index in [0.29, 0.717) is 6.04 Å². The number of nitrogens with two attached hydrogens (primary N) is 1. The zero-order chi connectivity index (χ0) is 11.4. The molecule has 3 heteroatoms. The van der Waals surface area contributed by atoms with Gasteiger partial charge in [0.1, 0.15) is 0 Å². The molecule has 3 N–H and O–H groups in total. The fourth-order valence-electron chi connectivity index (χ4n) is 2.72. The van der Waals surface area contributed by atoms with Crippen molar-refractivity contribution in [2.75, 3.05) is 12.3 Å². The third-order valence-corrected chi connectivity index (χ3v) is 3.52. The Morgan fingerprint density at radius 2 is 2.25 bits per heavy atom. The molecule has 88 valence electrons. The van der Waals surface area contributed by atoms with Crippen molar-refractivity contribution in [2.45, 2.75) is 38.6 Å². The average Bonchev–Trinajstić information content (AvgIpc) is 2.80. The van der Waals surface area contributed by atoms with Gasteiger partial charge >= 0.3 is 0 Å². The molecule has 0 saturated heterocycles. The van der Waals surface area contributed by atoms with Gasteiger partial charge in [-0.3, -0.25) is 4.98 Å². The molecular weight excluding hydrogens is 198 g/mol. The number of hydrogen-bond donors (Lipinski definition) is 2. The second-order valence-corrected chi connectivity index (χ2v) is 4.58. The van der Waals surface area contributed by atoms with Crippen molar-refractivity contribution in [1.82, 2.24) is 10.3 Å². The Morgan fingerprint density at radius 1 is 1.50 bits per heavy atom. The molecule has 2 rings (SSSR count). The number of nitrogen functional groups attached to an aromatic ring is 1. The Bertz CT molecular complexity index is 332. The molecule has 1 atom stereocenters. The van der Waals surface area contributed by atoms with Crippen LogP contribution in [0, 0.1) is 5.92 Å². The second-order valence-electron chi connectivity index (χ2n) is 4.58. The van der Waals surface area contributed by atoms with Crippen LogP contribution in [0.1, 0.15) is 44.2 Å². The molecule has 1 heterocycles. The number of rotatable bonds is 4. The monoisotopic (exact) mass is 219 g/mol. The summed E-state index contributed by atoms with van der Waals surface area (Å²) in [4.78, 5) is 4.20. The molecule has 1 aliphatic rings. The quantitative estimate of drug-likeness (QED) is 0.818. The van der Waals surface area contributed by atoms with Gasteiger partial charge in [0.05, 0.1) is 0 Å². The topological polar surface area (TPSA) is 50.9 Å². The van der Waals surface area contributed by atoms with Gasteiger partial charge in [0, 0.05) is 29.7 Å². The van der Waals surface area contributed by atoms with Crippen molar-refractivity contribution < 1.29 is 0 Å². The largest absolute Gasteiger partial charge is 0.398 e. The van der Waals surface area contributed by atoms with Gasteiger partial charge in [0.2, 0.25) is 0 Å². The van der Waals surface area contributed by atoms with Crippen molar-refractivity contribution in [3.05, 3.63) is 24.0 Å². The third kappa shape index (κ3) is 2.35. The molecule has 0 spiro atoms. The zero-order valence-electron chi connectivity index (χ0n) is 9.95. The van der Waals surface area contributed by atoms with Gasteiger partial charge in [-0.2, -0.15) is 0 Å². The Balaban J connectivity index is 2.21. The SMILES string of the molecule is CCNC(c1cnccc1N)C1CCCC1. The lowest BCUT2D eigenvalue weighted by molar-refractivity contribution is 0.375. The summed E-state index contributed by atoms with van der Waals surface area (Å²) in [6.45, 7) is 3.13. The van der Waals surface area contributed by atoms with Crippen LogP contribution < -0.4 is 11.1 Å². The molecule has 1 unspecified atom stereocenters. The maximum atomic E-state index is 6.04. The maximum Gasteiger partial charge on any atom is 0.0393 e. The summed E-state index contributed by atoms with van der Waals surface area (Å²) in [7, 11) is 0. The molecule has 0 aliphatic heterocycles. The van der Waals surface area contributed by atoms with Crippen LogP contribution in [0.3, 0.4) is 0 Å². The molecule has 1 saturated carbocycles.